The Hall–Kier alpha value is -1.96. The molecule has 0 saturated carbocycles. The lowest BCUT2D eigenvalue weighted by Crippen LogP contribution is -1.99. The van der Waals surface area contributed by atoms with Crippen LogP contribution >= 0.6 is 0 Å². The van der Waals surface area contributed by atoms with Crippen molar-refractivity contribution in [2.75, 3.05) is 0 Å². The monoisotopic (exact) mass is 173 g/mol. The zero-order chi connectivity index (χ0) is 9.42. The molecular weight excluding hydrogens is 166 g/mol. The molecule has 5 heteroatoms. The van der Waals surface area contributed by atoms with Crippen LogP contribution in [0.15, 0.2) is 6.20 Å². The average molecular weight is 173 g/mol. The van der Waals surface area contributed by atoms with Crippen molar-refractivity contribution in [3.05, 3.63) is 23.3 Å². The number of aryl methyl sites for hydroxylation is 2. The molecule has 0 unspecified atom stereocenters. The molecule has 0 aromatic carbocycles. The summed E-state index contributed by atoms with van der Waals surface area (Å²) < 4.78 is 1.58. The van der Waals surface area contributed by atoms with Gasteiger partial charge < -0.3 is 0 Å². The predicted octanol–water partition coefficient (Wildman–Crippen LogP) is 0.613. The van der Waals surface area contributed by atoms with Crippen molar-refractivity contribution in [3.8, 4) is 6.07 Å². The zero-order valence-corrected chi connectivity index (χ0v) is 7.31. The van der Waals surface area contributed by atoms with Crippen molar-refractivity contribution < 1.29 is 0 Å². The van der Waals surface area contributed by atoms with E-state index >= 15 is 0 Å². The van der Waals surface area contributed by atoms with Crippen LogP contribution in [-0.4, -0.2) is 19.6 Å². The third kappa shape index (κ3) is 1.04. The third-order valence-electron chi connectivity index (χ3n) is 1.83. The summed E-state index contributed by atoms with van der Waals surface area (Å²) in [6, 6.07) is 2.05. The van der Waals surface area contributed by atoms with Gasteiger partial charge >= 0.3 is 0 Å². The van der Waals surface area contributed by atoms with Gasteiger partial charge in [0.25, 0.3) is 5.78 Å². The maximum atomic E-state index is 8.73. The number of fused-ring (bicyclic) bond motifs is 1. The number of nitriles is 1. The molecule has 64 valence electrons. The normalized spacial score (nSPS) is 10.2. The standard InChI is InChI=1S/C8H7N5/c1-5-7(3-9)4-10-8-11-6(2)12-13(5)8/h4H,1-2H3. The minimum absolute atomic E-state index is 0.525. The van der Waals surface area contributed by atoms with E-state index < -0.39 is 0 Å². The van der Waals surface area contributed by atoms with Gasteiger partial charge in [-0.3, -0.25) is 0 Å². The van der Waals surface area contributed by atoms with E-state index in [2.05, 4.69) is 15.1 Å². The molecule has 2 aromatic heterocycles. The molecule has 0 fully saturated rings. The molecule has 2 heterocycles. The summed E-state index contributed by atoms with van der Waals surface area (Å²) >= 11 is 0. The third-order valence-corrected chi connectivity index (χ3v) is 1.83. The van der Waals surface area contributed by atoms with Gasteiger partial charge in [0.2, 0.25) is 0 Å². The molecule has 0 radical (unpaired) electrons. The molecule has 0 bridgehead atoms. The highest BCUT2D eigenvalue weighted by molar-refractivity contribution is 5.38. The second kappa shape index (κ2) is 2.52. The fourth-order valence-corrected chi connectivity index (χ4v) is 1.15. The van der Waals surface area contributed by atoms with E-state index in [1.807, 2.05) is 13.0 Å². The Bertz CT molecular complexity index is 505. The Labute approximate surface area is 74.7 Å². The smallest absolute Gasteiger partial charge is 0.218 e. The fraction of sp³-hybridized carbons (Fsp3) is 0.250. The van der Waals surface area contributed by atoms with Gasteiger partial charge in [0.15, 0.2) is 0 Å². The van der Waals surface area contributed by atoms with E-state index in [0.29, 0.717) is 17.2 Å². The van der Waals surface area contributed by atoms with Crippen molar-refractivity contribution in [2.45, 2.75) is 13.8 Å². The largest absolute Gasteiger partial charge is 0.252 e. The van der Waals surface area contributed by atoms with Crippen LogP contribution in [0.2, 0.25) is 0 Å². The Kier molecular flexibility index (Phi) is 1.49. The van der Waals surface area contributed by atoms with Gasteiger partial charge in [-0.05, 0) is 13.8 Å². The highest BCUT2D eigenvalue weighted by Gasteiger charge is 2.06. The van der Waals surface area contributed by atoms with Gasteiger partial charge in [-0.15, -0.1) is 0 Å². The molecule has 0 aliphatic rings. The maximum absolute atomic E-state index is 8.73. The summed E-state index contributed by atoms with van der Waals surface area (Å²) in [5.74, 6) is 1.19. The van der Waals surface area contributed by atoms with Gasteiger partial charge in [-0.2, -0.15) is 15.3 Å². The zero-order valence-electron chi connectivity index (χ0n) is 7.31. The van der Waals surface area contributed by atoms with Crippen molar-refractivity contribution in [1.29, 1.82) is 5.26 Å². The lowest BCUT2D eigenvalue weighted by molar-refractivity contribution is 0.872. The van der Waals surface area contributed by atoms with Crippen molar-refractivity contribution in [1.82, 2.24) is 19.6 Å². The first kappa shape index (κ1) is 7.68. The Morgan fingerprint density at radius 2 is 2.23 bits per heavy atom. The quantitative estimate of drug-likeness (QED) is 0.585. The lowest BCUT2D eigenvalue weighted by Gasteiger charge is -1.97. The van der Waals surface area contributed by atoms with Gasteiger partial charge in [-0.1, -0.05) is 0 Å². The topological polar surface area (TPSA) is 66.9 Å². The Balaban J connectivity index is 2.87. The summed E-state index contributed by atoms with van der Waals surface area (Å²) in [4.78, 5) is 8.08. The van der Waals surface area contributed by atoms with Crippen LogP contribution in [0.5, 0.6) is 0 Å². The molecule has 0 amide bonds. The van der Waals surface area contributed by atoms with Crippen molar-refractivity contribution >= 4 is 5.78 Å². The van der Waals surface area contributed by atoms with Gasteiger partial charge in [-0.25, -0.2) is 9.50 Å². The number of hydrogen-bond acceptors (Lipinski definition) is 4. The number of hydrogen-bond donors (Lipinski definition) is 0. The summed E-state index contributed by atoms with van der Waals surface area (Å²) in [5, 5.41) is 12.8. The van der Waals surface area contributed by atoms with Crippen molar-refractivity contribution in [3.63, 3.8) is 0 Å². The van der Waals surface area contributed by atoms with E-state index in [-0.39, 0.29) is 0 Å². The molecule has 0 aliphatic carbocycles. The number of nitrogens with zero attached hydrogens (tertiary/aromatic N) is 5. The van der Waals surface area contributed by atoms with Gasteiger partial charge in [0.1, 0.15) is 11.9 Å². The number of rotatable bonds is 0. The first-order valence-corrected chi connectivity index (χ1v) is 3.81. The van der Waals surface area contributed by atoms with E-state index in [1.54, 1.807) is 11.4 Å². The highest BCUT2D eigenvalue weighted by Crippen LogP contribution is 2.06. The summed E-state index contributed by atoms with van der Waals surface area (Å²) in [6.07, 6.45) is 1.51. The van der Waals surface area contributed by atoms with Crippen LogP contribution in [0.25, 0.3) is 5.78 Å². The van der Waals surface area contributed by atoms with Crippen LogP contribution in [0, 0.1) is 25.2 Å². The summed E-state index contributed by atoms with van der Waals surface area (Å²) in [6.45, 7) is 3.61. The first-order chi connectivity index (χ1) is 6.22. The molecule has 5 nitrogen and oxygen atoms in total. The number of aromatic nitrogens is 4. The van der Waals surface area contributed by atoms with E-state index in [9.17, 15) is 0 Å². The van der Waals surface area contributed by atoms with E-state index in [0.717, 1.165) is 5.69 Å². The second-order valence-corrected chi connectivity index (χ2v) is 2.74. The molecule has 0 aliphatic heterocycles. The second-order valence-electron chi connectivity index (χ2n) is 2.74. The fourth-order valence-electron chi connectivity index (χ4n) is 1.15. The minimum atomic E-state index is 0.525. The lowest BCUT2D eigenvalue weighted by atomic mass is 10.3. The Morgan fingerprint density at radius 1 is 1.46 bits per heavy atom. The maximum Gasteiger partial charge on any atom is 0.252 e. The van der Waals surface area contributed by atoms with Crippen molar-refractivity contribution in [2.24, 2.45) is 0 Å². The van der Waals surface area contributed by atoms with E-state index in [1.165, 1.54) is 6.20 Å². The first-order valence-electron chi connectivity index (χ1n) is 3.81. The molecular formula is C8H7N5. The molecule has 2 aromatic rings. The highest BCUT2D eigenvalue weighted by atomic mass is 15.3. The molecule has 0 N–H and O–H groups in total. The van der Waals surface area contributed by atoms with Gasteiger partial charge in [0.05, 0.1) is 17.5 Å². The van der Waals surface area contributed by atoms with Crippen LogP contribution < -0.4 is 0 Å². The molecule has 13 heavy (non-hydrogen) atoms. The van der Waals surface area contributed by atoms with Crippen LogP contribution in [0.3, 0.4) is 0 Å². The molecule has 0 spiro atoms. The van der Waals surface area contributed by atoms with E-state index in [4.69, 9.17) is 5.26 Å². The van der Waals surface area contributed by atoms with Crippen LogP contribution in [0.1, 0.15) is 17.1 Å². The average Bonchev–Trinajstić information content (AvgIpc) is 2.47. The SMILES string of the molecule is Cc1nc2ncc(C#N)c(C)n2n1. The van der Waals surface area contributed by atoms with Gasteiger partial charge in [0, 0.05) is 0 Å². The molecule has 0 atom stereocenters. The van der Waals surface area contributed by atoms with Crippen LogP contribution in [0.4, 0.5) is 0 Å². The Morgan fingerprint density at radius 3 is 2.92 bits per heavy atom. The molecule has 2 rings (SSSR count). The van der Waals surface area contributed by atoms with Crippen LogP contribution in [-0.2, 0) is 0 Å². The summed E-state index contributed by atoms with van der Waals surface area (Å²) in [5.41, 5.74) is 1.30. The minimum Gasteiger partial charge on any atom is -0.218 e. The molecule has 0 saturated heterocycles. The predicted molar refractivity (Wildman–Crippen MR) is 45.0 cm³/mol. The summed E-state index contributed by atoms with van der Waals surface area (Å²) in [7, 11) is 0.